The number of alkyl halides is 3. The first kappa shape index (κ1) is 14.1. The first-order valence-electron chi connectivity index (χ1n) is 5.59. The molecule has 0 spiro atoms. The maximum absolute atomic E-state index is 12.8. The fourth-order valence-corrected chi connectivity index (χ4v) is 2.15. The molecule has 2 heterocycles. The molecule has 1 aromatic carbocycles. The van der Waals surface area contributed by atoms with Crippen LogP contribution in [0, 0.1) is 0 Å². The standard InChI is InChI=1S/C12H5Cl2F3N4/c13-8-2-1-7(12(15,16)17)3-9(8)21-10-6(5-19-21)4-18-11(14)20-10/h1-5H. The van der Waals surface area contributed by atoms with Gasteiger partial charge in [-0.2, -0.15) is 23.3 Å². The highest BCUT2D eigenvalue weighted by Crippen LogP contribution is 2.33. The van der Waals surface area contributed by atoms with Crippen LogP contribution in [0.4, 0.5) is 13.2 Å². The molecular formula is C12H5Cl2F3N4. The topological polar surface area (TPSA) is 43.6 Å². The minimum Gasteiger partial charge on any atom is -0.226 e. The highest BCUT2D eigenvalue weighted by Gasteiger charge is 2.31. The predicted octanol–water partition coefficient (Wildman–Crippen LogP) is 4.14. The lowest BCUT2D eigenvalue weighted by Crippen LogP contribution is -2.07. The molecule has 4 nitrogen and oxygen atoms in total. The lowest BCUT2D eigenvalue weighted by molar-refractivity contribution is -0.137. The van der Waals surface area contributed by atoms with Gasteiger partial charge in [-0.25, -0.2) is 9.67 Å². The van der Waals surface area contributed by atoms with Gasteiger partial charge in [0, 0.05) is 6.20 Å². The second-order valence-corrected chi connectivity index (χ2v) is 4.88. The van der Waals surface area contributed by atoms with Crippen LogP contribution in [-0.4, -0.2) is 19.7 Å². The summed E-state index contributed by atoms with van der Waals surface area (Å²) in [5.41, 5.74) is -0.488. The van der Waals surface area contributed by atoms with E-state index >= 15 is 0 Å². The molecule has 21 heavy (non-hydrogen) atoms. The molecule has 0 unspecified atom stereocenters. The van der Waals surface area contributed by atoms with Crippen molar-refractivity contribution in [3.8, 4) is 5.69 Å². The van der Waals surface area contributed by atoms with E-state index in [9.17, 15) is 13.2 Å². The third-order valence-electron chi connectivity index (χ3n) is 2.78. The fourth-order valence-electron chi connectivity index (χ4n) is 1.82. The van der Waals surface area contributed by atoms with Crippen LogP contribution < -0.4 is 0 Å². The molecule has 0 amide bonds. The Kier molecular flexibility index (Phi) is 3.26. The van der Waals surface area contributed by atoms with E-state index in [1.165, 1.54) is 17.1 Å². The monoisotopic (exact) mass is 332 g/mol. The molecule has 0 aliphatic rings. The molecule has 3 rings (SSSR count). The number of fused-ring (bicyclic) bond motifs is 1. The summed E-state index contributed by atoms with van der Waals surface area (Å²) in [6.45, 7) is 0. The van der Waals surface area contributed by atoms with Crippen molar-refractivity contribution in [2.24, 2.45) is 0 Å². The van der Waals surface area contributed by atoms with Gasteiger partial charge in [0.05, 0.1) is 27.9 Å². The molecule has 2 aromatic heterocycles. The van der Waals surface area contributed by atoms with Crippen LogP contribution >= 0.6 is 23.2 Å². The quantitative estimate of drug-likeness (QED) is 0.629. The van der Waals surface area contributed by atoms with E-state index in [4.69, 9.17) is 23.2 Å². The fraction of sp³-hybridized carbons (Fsp3) is 0.0833. The van der Waals surface area contributed by atoms with Crippen molar-refractivity contribution >= 4 is 34.2 Å². The molecule has 0 N–H and O–H groups in total. The molecule has 0 radical (unpaired) electrons. The van der Waals surface area contributed by atoms with Gasteiger partial charge in [-0.15, -0.1) is 0 Å². The molecule has 0 atom stereocenters. The summed E-state index contributed by atoms with van der Waals surface area (Å²) >= 11 is 11.7. The van der Waals surface area contributed by atoms with Gasteiger partial charge in [0.2, 0.25) is 5.28 Å². The van der Waals surface area contributed by atoms with Gasteiger partial charge in [-0.3, -0.25) is 0 Å². The van der Waals surface area contributed by atoms with Crippen LogP contribution in [0.1, 0.15) is 5.56 Å². The molecule has 0 bridgehead atoms. The van der Waals surface area contributed by atoms with Crippen molar-refractivity contribution in [3.63, 3.8) is 0 Å². The summed E-state index contributed by atoms with van der Waals surface area (Å²) in [7, 11) is 0. The second kappa shape index (κ2) is 4.85. The predicted molar refractivity (Wildman–Crippen MR) is 71.7 cm³/mol. The van der Waals surface area contributed by atoms with Crippen molar-refractivity contribution in [2.75, 3.05) is 0 Å². The zero-order valence-corrected chi connectivity index (χ0v) is 11.6. The van der Waals surface area contributed by atoms with E-state index in [1.807, 2.05) is 0 Å². The lowest BCUT2D eigenvalue weighted by Gasteiger charge is -2.10. The Hall–Kier alpha value is -1.86. The Morgan fingerprint density at radius 1 is 1.10 bits per heavy atom. The molecular weight excluding hydrogens is 328 g/mol. The van der Waals surface area contributed by atoms with Crippen molar-refractivity contribution < 1.29 is 13.2 Å². The van der Waals surface area contributed by atoms with E-state index in [-0.39, 0.29) is 21.6 Å². The Morgan fingerprint density at radius 3 is 2.57 bits per heavy atom. The van der Waals surface area contributed by atoms with Crippen LogP contribution in [-0.2, 0) is 6.18 Å². The zero-order chi connectivity index (χ0) is 15.2. The maximum atomic E-state index is 12.8. The first-order chi connectivity index (χ1) is 9.86. The first-order valence-corrected chi connectivity index (χ1v) is 6.35. The van der Waals surface area contributed by atoms with Crippen LogP contribution in [0.2, 0.25) is 10.3 Å². The molecule has 108 valence electrons. The van der Waals surface area contributed by atoms with Crippen LogP contribution in [0.5, 0.6) is 0 Å². The summed E-state index contributed by atoms with van der Waals surface area (Å²) in [5.74, 6) is 0. The number of benzene rings is 1. The molecule has 3 aromatic rings. The number of nitrogens with zero attached hydrogens (tertiary/aromatic N) is 4. The molecule has 9 heteroatoms. The van der Waals surface area contributed by atoms with Gasteiger partial charge < -0.3 is 0 Å². The molecule has 0 saturated heterocycles. The second-order valence-electron chi connectivity index (χ2n) is 4.14. The number of halogens is 5. The average molecular weight is 333 g/mol. The maximum Gasteiger partial charge on any atom is 0.416 e. The third-order valence-corrected chi connectivity index (χ3v) is 3.28. The Labute approximate surface area is 126 Å². The van der Waals surface area contributed by atoms with E-state index in [2.05, 4.69) is 15.1 Å². The van der Waals surface area contributed by atoms with Gasteiger partial charge >= 0.3 is 6.18 Å². The smallest absolute Gasteiger partial charge is 0.226 e. The van der Waals surface area contributed by atoms with Crippen LogP contribution in [0.3, 0.4) is 0 Å². The molecule has 0 saturated carbocycles. The highest BCUT2D eigenvalue weighted by atomic mass is 35.5. The summed E-state index contributed by atoms with van der Waals surface area (Å²) in [5, 5.41) is 4.61. The molecule has 0 fully saturated rings. The van der Waals surface area contributed by atoms with Gasteiger partial charge in [-0.05, 0) is 29.8 Å². The van der Waals surface area contributed by atoms with E-state index in [0.717, 1.165) is 18.2 Å². The largest absolute Gasteiger partial charge is 0.416 e. The van der Waals surface area contributed by atoms with E-state index in [1.54, 1.807) is 0 Å². The van der Waals surface area contributed by atoms with Gasteiger partial charge in [0.25, 0.3) is 0 Å². The van der Waals surface area contributed by atoms with Crippen molar-refractivity contribution in [2.45, 2.75) is 6.18 Å². The van der Waals surface area contributed by atoms with Crippen LogP contribution in [0.15, 0.2) is 30.6 Å². The minimum atomic E-state index is -4.48. The van der Waals surface area contributed by atoms with Crippen LogP contribution in [0.25, 0.3) is 16.7 Å². The Balaban J connectivity index is 2.25. The number of hydrogen-bond acceptors (Lipinski definition) is 3. The summed E-state index contributed by atoms with van der Waals surface area (Å²) in [4.78, 5) is 7.74. The van der Waals surface area contributed by atoms with E-state index < -0.39 is 11.7 Å². The van der Waals surface area contributed by atoms with Crippen molar-refractivity contribution in [1.82, 2.24) is 19.7 Å². The number of aromatic nitrogens is 4. The SMILES string of the molecule is FC(F)(F)c1ccc(Cl)c(-n2ncc3cnc(Cl)nc32)c1. The third kappa shape index (κ3) is 2.54. The average Bonchev–Trinajstić information content (AvgIpc) is 2.80. The summed E-state index contributed by atoms with van der Waals surface area (Å²) in [6, 6.07) is 2.97. The van der Waals surface area contributed by atoms with Gasteiger partial charge in [0.15, 0.2) is 5.65 Å². The van der Waals surface area contributed by atoms with Gasteiger partial charge in [0.1, 0.15) is 0 Å². The van der Waals surface area contributed by atoms with Gasteiger partial charge in [-0.1, -0.05) is 11.6 Å². The Morgan fingerprint density at radius 2 is 1.86 bits per heavy atom. The van der Waals surface area contributed by atoms with Crippen molar-refractivity contribution in [3.05, 3.63) is 46.5 Å². The Bertz CT molecular complexity index is 829. The molecule has 0 aliphatic heterocycles. The minimum absolute atomic E-state index is 0.0349. The normalized spacial score (nSPS) is 12.0. The molecule has 0 aliphatic carbocycles. The summed E-state index contributed by atoms with van der Waals surface area (Å²) in [6.07, 6.45) is -1.63. The lowest BCUT2D eigenvalue weighted by atomic mass is 10.2. The summed E-state index contributed by atoms with van der Waals surface area (Å²) < 4.78 is 39.6. The number of hydrogen-bond donors (Lipinski definition) is 0. The highest BCUT2D eigenvalue weighted by molar-refractivity contribution is 6.32. The number of rotatable bonds is 1. The van der Waals surface area contributed by atoms with Crippen molar-refractivity contribution in [1.29, 1.82) is 0 Å². The zero-order valence-electron chi connectivity index (χ0n) is 10.1. The van der Waals surface area contributed by atoms with E-state index in [0.29, 0.717) is 5.39 Å².